The molecule has 0 heteroatoms. The van der Waals surface area contributed by atoms with E-state index in [1.165, 1.54) is 0 Å². The van der Waals surface area contributed by atoms with Crippen molar-refractivity contribution in [2.24, 2.45) is 28.6 Å². The van der Waals surface area contributed by atoms with Gasteiger partial charge < -0.3 is 0 Å². The first-order chi connectivity index (χ1) is 5.13. The molecule has 5 atom stereocenters. The minimum Gasteiger partial charge on any atom is -0.0617 e. The molecule has 0 amide bonds. The highest BCUT2D eigenvalue weighted by Gasteiger charge is 2.78. The third-order valence-corrected chi connectivity index (χ3v) is 5.94. The lowest BCUT2D eigenvalue weighted by Gasteiger charge is -2.84. The maximum absolute atomic E-state index is 2.54. The summed E-state index contributed by atoms with van der Waals surface area (Å²) in [4.78, 5) is 0. The molecular formula is C11H18. The molecule has 0 saturated heterocycles. The van der Waals surface area contributed by atoms with Gasteiger partial charge in [-0.1, -0.05) is 20.8 Å². The molecule has 0 aromatic heterocycles. The third-order valence-electron chi connectivity index (χ3n) is 5.94. The van der Waals surface area contributed by atoms with E-state index in [-0.39, 0.29) is 0 Å². The lowest BCUT2D eigenvalue weighted by atomic mass is 9.21. The second-order valence-electron chi connectivity index (χ2n) is 5.47. The van der Waals surface area contributed by atoms with E-state index in [1.807, 2.05) is 0 Å². The van der Waals surface area contributed by atoms with E-state index in [0.717, 1.165) is 28.6 Å². The molecule has 62 valence electrons. The molecule has 0 N–H and O–H groups in total. The lowest BCUT2D eigenvalue weighted by molar-refractivity contribution is -0.356. The van der Waals surface area contributed by atoms with Crippen molar-refractivity contribution in [1.29, 1.82) is 0 Å². The van der Waals surface area contributed by atoms with E-state index < -0.39 is 0 Å². The zero-order valence-corrected chi connectivity index (χ0v) is 7.85. The number of hydrogen-bond donors (Lipinski definition) is 0. The molecule has 0 radical (unpaired) electrons. The van der Waals surface area contributed by atoms with Gasteiger partial charge in [0.05, 0.1) is 0 Å². The Hall–Kier alpha value is 0. The summed E-state index contributed by atoms with van der Waals surface area (Å²) >= 11 is 0. The third kappa shape index (κ3) is 0.363. The number of hydrogen-bond acceptors (Lipinski definition) is 0. The molecule has 5 unspecified atom stereocenters. The summed E-state index contributed by atoms with van der Waals surface area (Å²) in [6.07, 6.45) is 4.66. The maximum Gasteiger partial charge on any atom is -0.0184 e. The average Bonchev–Trinajstić information content (AvgIpc) is 1.97. The summed E-state index contributed by atoms with van der Waals surface area (Å²) in [6, 6.07) is 0. The van der Waals surface area contributed by atoms with Crippen LogP contribution >= 0.6 is 0 Å². The number of rotatable bonds is 0. The van der Waals surface area contributed by atoms with E-state index in [2.05, 4.69) is 20.8 Å². The first-order valence-corrected chi connectivity index (χ1v) is 5.13. The van der Waals surface area contributed by atoms with Gasteiger partial charge in [0.2, 0.25) is 0 Å². The summed E-state index contributed by atoms with van der Waals surface area (Å²) in [5.74, 6) is 3.21. The van der Waals surface area contributed by atoms with Gasteiger partial charge in [-0.15, -0.1) is 0 Å². The van der Waals surface area contributed by atoms with Crippen LogP contribution in [-0.2, 0) is 0 Å². The van der Waals surface area contributed by atoms with Gasteiger partial charge in [0, 0.05) is 0 Å². The van der Waals surface area contributed by atoms with Crippen molar-refractivity contribution >= 4 is 0 Å². The largest absolute Gasteiger partial charge is 0.0617 e. The molecule has 0 aliphatic heterocycles. The van der Waals surface area contributed by atoms with Crippen molar-refractivity contribution in [3.63, 3.8) is 0 Å². The van der Waals surface area contributed by atoms with Crippen LogP contribution < -0.4 is 0 Å². The summed E-state index contributed by atoms with van der Waals surface area (Å²) in [7, 11) is 0. The molecule has 0 heterocycles. The van der Waals surface area contributed by atoms with Gasteiger partial charge >= 0.3 is 0 Å². The topological polar surface area (TPSA) is 0 Å². The van der Waals surface area contributed by atoms with Crippen LogP contribution in [0.1, 0.15) is 40.0 Å². The van der Waals surface area contributed by atoms with Crippen molar-refractivity contribution in [3.8, 4) is 0 Å². The molecule has 11 heavy (non-hydrogen) atoms. The quantitative estimate of drug-likeness (QED) is 0.498. The van der Waals surface area contributed by atoms with Gasteiger partial charge in [0.25, 0.3) is 0 Å². The molecule has 1 spiro atoms. The highest BCUT2D eigenvalue weighted by Crippen LogP contribution is 2.85. The van der Waals surface area contributed by atoms with Crippen molar-refractivity contribution in [2.75, 3.05) is 0 Å². The second-order valence-corrected chi connectivity index (χ2v) is 5.47. The normalized spacial score (nSPS) is 71.7. The average molecular weight is 150 g/mol. The van der Waals surface area contributed by atoms with E-state index in [9.17, 15) is 0 Å². The smallest absolute Gasteiger partial charge is 0.0184 e. The second kappa shape index (κ2) is 1.41. The first-order valence-electron chi connectivity index (χ1n) is 5.13. The molecule has 3 aliphatic carbocycles. The summed E-state index contributed by atoms with van der Waals surface area (Å²) in [5, 5.41) is 0. The lowest BCUT2D eigenvalue weighted by Crippen LogP contribution is -2.77. The molecule has 0 nitrogen and oxygen atoms in total. The van der Waals surface area contributed by atoms with Crippen LogP contribution in [-0.4, -0.2) is 0 Å². The molecule has 0 bridgehead atoms. The minimum atomic E-state index is 0.787. The predicted molar refractivity (Wildman–Crippen MR) is 46.2 cm³/mol. The van der Waals surface area contributed by atoms with Crippen LogP contribution in [0.3, 0.4) is 0 Å². The van der Waals surface area contributed by atoms with Crippen LogP contribution in [0.4, 0.5) is 0 Å². The highest BCUT2D eigenvalue weighted by atomic mass is 14.8. The van der Waals surface area contributed by atoms with E-state index in [0.29, 0.717) is 0 Å². The van der Waals surface area contributed by atoms with Gasteiger partial charge in [-0.3, -0.25) is 0 Å². The summed E-state index contributed by atoms with van der Waals surface area (Å²) < 4.78 is 0. The Balaban J connectivity index is 1.98. The minimum absolute atomic E-state index is 0.787. The van der Waals surface area contributed by atoms with Crippen LogP contribution in [0.5, 0.6) is 0 Å². The Morgan fingerprint density at radius 1 is 1.18 bits per heavy atom. The fourth-order valence-corrected chi connectivity index (χ4v) is 4.90. The van der Waals surface area contributed by atoms with Gasteiger partial charge in [0.1, 0.15) is 0 Å². The molecular weight excluding hydrogens is 132 g/mol. The van der Waals surface area contributed by atoms with Crippen molar-refractivity contribution < 1.29 is 0 Å². The maximum atomic E-state index is 2.54. The zero-order valence-electron chi connectivity index (χ0n) is 7.85. The van der Waals surface area contributed by atoms with Gasteiger partial charge in [0.15, 0.2) is 0 Å². The van der Waals surface area contributed by atoms with Crippen molar-refractivity contribution in [1.82, 2.24) is 0 Å². The monoisotopic (exact) mass is 150 g/mol. The van der Waals surface area contributed by atoms with Crippen LogP contribution in [0.25, 0.3) is 0 Å². The SMILES string of the molecule is CC1C(C)C23CCC2CC13C. The standard InChI is InChI=1S/C11H18/c1-7-8(2)11-5-4-9(11)6-10(7,11)3/h7-9H,4-6H2,1-3H3. The van der Waals surface area contributed by atoms with Crippen LogP contribution in [0, 0.1) is 28.6 Å². The van der Waals surface area contributed by atoms with Gasteiger partial charge in [-0.05, 0) is 47.8 Å². The van der Waals surface area contributed by atoms with Crippen LogP contribution in [0.15, 0.2) is 0 Å². The Labute approximate surface area is 69.4 Å². The fourth-order valence-electron chi connectivity index (χ4n) is 4.90. The Kier molecular flexibility index (Phi) is 0.832. The molecule has 3 aliphatic rings. The first kappa shape index (κ1) is 6.51. The Morgan fingerprint density at radius 3 is 2.18 bits per heavy atom. The Morgan fingerprint density at radius 2 is 1.91 bits per heavy atom. The van der Waals surface area contributed by atoms with E-state index in [1.54, 1.807) is 19.3 Å². The van der Waals surface area contributed by atoms with Crippen LogP contribution in [0.2, 0.25) is 0 Å². The highest BCUT2D eigenvalue weighted by molar-refractivity contribution is 5.26. The molecule has 0 aromatic rings. The molecule has 3 saturated carbocycles. The van der Waals surface area contributed by atoms with Gasteiger partial charge in [-0.25, -0.2) is 0 Å². The Bertz CT molecular complexity index is 220. The van der Waals surface area contributed by atoms with Crippen molar-refractivity contribution in [3.05, 3.63) is 0 Å². The zero-order chi connectivity index (χ0) is 7.85. The van der Waals surface area contributed by atoms with E-state index in [4.69, 9.17) is 0 Å². The van der Waals surface area contributed by atoms with E-state index >= 15 is 0 Å². The predicted octanol–water partition coefficient (Wildman–Crippen LogP) is 3.08. The summed E-state index contributed by atoms with van der Waals surface area (Å²) in [6.45, 7) is 7.48. The fraction of sp³-hybridized carbons (Fsp3) is 1.00. The molecule has 3 fully saturated rings. The summed E-state index contributed by atoms with van der Waals surface area (Å²) in [5.41, 5.74) is 1.65. The van der Waals surface area contributed by atoms with Gasteiger partial charge in [-0.2, -0.15) is 0 Å². The molecule has 3 rings (SSSR count). The van der Waals surface area contributed by atoms with Crippen molar-refractivity contribution in [2.45, 2.75) is 40.0 Å². The molecule has 0 aromatic carbocycles.